The van der Waals surface area contributed by atoms with E-state index in [1.54, 1.807) is 36.4 Å². The highest BCUT2D eigenvalue weighted by molar-refractivity contribution is 6.42. The summed E-state index contributed by atoms with van der Waals surface area (Å²) in [6, 6.07) is 15.5. The van der Waals surface area contributed by atoms with E-state index in [1.165, 1.54) is 6.07 Å². The normalized spacial score (nSPS) is 17.3. The van der Waals surface area contributed by atoms with Crippen LogP contribution >= 0.6 is 46.4 Å². The first-order valence-corrected chi connectivity index (χ1v) is 14.8. The topological polar surface area (TPSA) is 44.4 Å². The zero-order chi connectivity index (χ0) is 28.4. The van der Waals surface area contributed by atoms with Gasteiger partial charge in [-0.15, -0.1) is 0 Å². The number of rotatable bonds is 7. The molecule has 3 aromatic rings. The number of benzene rings is 3. The predicted molar refractivity (Wildman–Crippen MR) is 163 cm³/mol. The molecule has 1 fully saturated rings. The van der Waals surface area contributed by atoms with Gasteiger partial charge in [0, 0.05) is 33.4 Å². The van der Waals surface area contributed by atoms with Crippen LogP contribution in [0.5, 0.6) is 0 Å². The van der Waals surface area contributed by atoms with Gasteiger partial charge in [0.2, 0.25) is 5.91 Å². The van der Waals surface area contributed by atoms with Crippen molar-refractivity contribution in [1.29, 1.82) is 0 Å². The molecule has 4 nitrogen and oxygen atoms in total. The quantitative estimate of drug-likeness (QED) is 0.278. The largest absolute Gasteiger partial charge is 0.359 e. The van der Waals surface area contributed by atoms with Crippen molar-refractivity contribution >= 4 is 58.0 Å². The summed E-state index contributed by atoms with van der Waals surface area (Å²) >= 11 is 24.8. The monoisotopic (exact) mass is 619 g/mol. The minimum Gasteiger partial charge on any atom is -0.359 e. The van der Waals surface area contributed by atoms with Crippen molar-refractivity contribution in [2.45, 2.75) is 43.6 Å². The van der Waals surface area contributed by atoms with Crippen molar-refractivity contribution < 1.29 is 9.18 Å². The van der Waals surface area contributed by atoms with Gasteiger partial charge in [-0.05, 0) is 104 Å². The van der Waals surface area contributed by atoms with E-state index in [4.69, 9.17) is 46.4 Å². The molecule has 210 valence electrons. The van der Waals surface area contributed by atoms with Crippen molar-refractivity contribution in [2.24, 2.45) is 0 Å². The fourth-order valence-corrected chi connectivity index (χ4v) is 6.70. The number of likely N-dealkylation sites (tertiary alicyclic amines) is 1. The molecule has 2 aliphatic rings. The Hall–Kier alpha value is -2.28. The molecule has 1 saturated heterocycles. The van der Waals surface area contributed by atoms with Gasteiger partial charge in [0.25, 0.3) is 0 Å². The van der Waals surface area contributed by atoms with E-state index in [0.717, 1.165) is 67.0 Å². The smallest absolute Gasteiger partial charge is 0.227 e. The van der Waals surface area contributed by atoms with Crippen molar-refractivity contribution in [1.82, 2.24) is 10.2 Å². The highest BCUT2D eigenvalue weighted by atomic mass is 35.5. The fraction of sp³-hybridized carbons (Fsp3) is 0.323. The fourth-order valence-electron chi connectivity index (χ4n) is 5.91. The molecule has 2 aliphatic heterocycles. The second-order valence-electron chi connectivity index (χ2n) is 10.7. The summed E-state index contributed by atoms with van der Waals surface area (Å²) in [6.45, 7) is 6.89. The third-order valence-corrected chi connectivity index (χ3v) is 9.42. The third kappa shape index (κ3) is 6.45. The summed E-state index contributed by atoms with van der Waals surface area (Å²) in [7, 11) is 0. The average Bonchev–Trinajstić information content (AvgIpc) is 2.92. The second kappa shape index (κ2) is 12.3. The number of nitrogens with one attached hydrogen (secondary N) is 2. The van der Waals surface area contributed by atoms with Crippen LogP contribution < -0.4 is 10.6 Å². The molecule has 1 amide bonds. The maximum atomic E-state index is 14.2. The van der Waals surface area contributed by atoms with E-state index in [-0.39, 0.29) is 23.7 Å². The number of fused-ring (bicyclic) bond motifs is 2. The molecule has 40 heavy (non-hydrogen) atoms. The first kappa shape index (κ1) is 29.2. The molecule has 0 saturated carbocycles. The van der Waals surface area contributed by atoms with Crippen LogP contribution in [-0.2, 0) is 16.8 Å². The number of halogens is 5. The highest BCUT2D eigenvalue weighted by Crippen LogP contribution is 2.47. The minimum absolute atomic E-state index is 0.114. The number of hydrogen-bond donors (Lipinski definition) is 2. The van der Waals surface area contributed by atoms with Crippen LogP contribution in [-0.4, -0.2) is 30.4 Å². The van der Waals surface area contributed by atoms with Gasteiger partial charge in [-0.25, -0.2) is 4.39 Å². The number of carbonyl (C=O) groups is 1. The molecule has 3 aromatic carbocycles. The van der Waals surface area contributed by atoms with Crippen LogP contribution in [0.3, 0.4) is 0 Å². The van der Waals surface area contributed by atoms with Crippen LogP contribution in [0.2, 0.25) is 20.1 Å². The summed E-state index contributed by atoms with van der Waals surface area (Å²) in [5.41, 5.74) is 4.41. The Morgan fingerprint density at radius 3 is 2.50 bits per heavy atom. The molecule has 0 radical (unpaired) electrons. The van der Waals surface area contributed by atoms with Crippen LogP contribution in [0.15, 0.2) is 66.9 Å². The zero-order valence-corrected chi connectivity index (χ0v) is 24.9. The molecular formula is C31H30Cl4FN3O. The number of hydrogen-bond acceptors (Lipinski definition) is 3. The molecule has 1 spiro atoms. The van der Waals surface area contributed by atoms with E-state index in [9.17, 15) is 9.18 Å². The maximum absolute atomic E-state index is 14.2. The Kier molecular flexibility index (Phi) is 8.98. The lowest BCUT2D eigenvalue weighted by Crippen LogP contribution is -2.45. The van der Waals surface area contributed by atoms with Gasteiger partial charge >= 0.3 is 0 Å². The summed E-state index contributed by atoms with van der Waals surface area (Å²) in [5, 5.41) is 8.26. The lowest BCUT2D eigenvalue weighted by atomic mass is 9.67. The van der Waals surface area contributed by atoms with Crippen molar-refractivity contribution in [3.63, 3.8) is 0 Å². The zero-order valence-electron chi connectivity index (χ0n) is 21.9. The van der Waals surface area contributed by atoms with E-state index in [2.05, 4.69) is 22.1 Å². The van der Waals surface area contributed by atoms with Gasteiger partial charge < -0.3 is 15.5 Å². The maximum Gasteiger partial charge on any atom is 0.227 e. The molecule has 5 rings (SSSR count). The van der Waals surface area contributed by atoms with Crippen LogP contribution in [0.25, 0.3) is 0 Å². The molecule has 2 N–H and O–H groups in total. The van der Waals surface area contributed by atoms with E-state index in [0.29, 0.717) is 26.5 Å². The number of allylic oxidation sites excluding steroid dienone is 1. The van der Waals surface area contributed by atoms with Crippen molar-refractivity contribution in [3.8, 4) is 0 Å². The Labute approximate surface area is 254 Å². The summed E-state index contributed by atoms with van der Waals surface area (Å²) < 4.78 is 14.2. The number of amides is 1. The van der Waals surface area contributed by atoms with Crippen LogP contribution in [0.4, 0.5) is 10.1 Å². The molecule has 0 aromatic heterocycles. The molecule has 0 aliphatic carbocycles. The number of carbonyl (C=O) groups excluding carboxylic acids is 1. The first-order valence-electron chi connectivity index (χ1n) is 13.3. The van der Waals surface area contributed by atoms with E-state index in [1.807, 2.05) is 12.1 Å². The van der Waals surface area contributed by atoms with Crippen LogP contribution in [0.1, 0.15) is 48.3 Å². The van der Waals surface area contributed by atoms with Gasteiger partial charge in [-0.2, -0.15) is 0 Å². The average molecular weight is 621 g/mol. The molecule has 2 heterocycles. The lowest BCUT2D eigenvalue weighted by Gasteiger charge is -2.46. The Morgan fingerprint density at radius 1 is 1.00 bits per heavy atom. The summed E-state index contributed by atoms with van der Waals surface area (Å²) in [4.78, 5) is 15.9. The Morgan fingerprint density at radius 2 is 1.77 bits per heavy atom. The van der Waals surface area contributed by atoms with Gasteiger partial charge in [0.1, 0.15) is 5.82 Å². The van der Waals surface area contributed by atoms with Crippen molar-refractivity contribution in [2.75, 3.05) is 25.0 Å². The van der Waals surface area contributed by atoms with Gasteiger partial charge in [-0.1, -0.05) is 65.1 Å². The predicted octanol–water partition coefficient (Wildman–Crippen LogP) is 8.59. The molecule has 1 unspecified atom stereocenters. The molecular weight excluding hydrogens is 591 g/mol. The number of nitrogens with zero attached hydrogens (tertiary/aromatic N) is 1. The third-order valence-electron chi connectivity index (χ3n) is 8.09. The summed E-state index contributed by atoms with van der Waals surface area (Å²) in [6.07, 6.45) is 3.18. The minimum atomic E-state index is -0.426. The molecule has 0 bridgehead atoms. The molecule has 1 atom stereocenters. The Bertz CT molecular complexity index is 1440. The highest BCUT2D eigenvalue weighted by Gasteiger charge is 2.41. The van der Waals surface area contributed by atoms with Gasteiger partial charge in [-0.3, -0.25) is 4.79 Å². The Balaban J connectivity index is 1.27. The second-order valence-corrected chi connectivity index (χ2v) is 12.3. The number of anilines is 1. The standard InChI is InChI=1S/C31H30Cl4FN3O/c1-19-17-31(25-16-23(36)5-7-29(25)38-19)9-12-39(13-10-31)11-8-24(20-3-6-26(33)28(35)14-20)30(40)37-18-21-2-4-22(32)15-27(21)34/h2-7,14-16,24,38H,1,8-13,17-18H2,(H,37,40). The van der Waals surface area contributed by atoms with Gasteiger partial charge in [0.05, 0.1) is 16.0 Å². The van der Waals surface area contributed by atoms with E-state index >= 15 is 0 Å². The summed E-state index contributed by atoms with van der Waals surface area (Å²) in [5.74, 6) is -0.757. The van der Waals surface area contributed by atoms with Gasteiger partial charge in [0.15, 0.2) is 0 Å². The first-order chi connectivity index (χ1) is 19.1. The SMILES string of the molecule is C=C1CC2(CCN(CCC(C(=O)NCc3ccc(Cl)cc3Cl)c3ccc(Cl)c(Cl)c3)CC2)c2cc(F)ccc2N1. The van der Waals surface area contributed by atoms with E-state index < -0.39 is 5.92 Å². The van der Waals surface area contributed by atoms with Crippen LogP contribution in [0, 0.1) is 5.82 Å². The van der Waals surface area contributed by atoms with Crippen molar-refractivity contribution in [3.05, 3.63) is 109 Å². The lowest BCUT2D eigenvalue weighted by molar-refractivity contribution is -0.123. The number of piperidine rings is 1. The molecule has 9 heteroatoms.